The van der Waals surface area contributed by atoms with Crippen LogP contribution in [0.5, 0.6) is 0 Å². The lowest BCUT2D eigenvalue weighted by Crippen LogP contribution is -2.49. The van der Waals surface area contributed by atoms with Crippen molar-refractivity contribution in [3.05, 3.63) is 40.0 Å². The summed E-state index contributed by atoms with van der Waals surface area (Å²) < 4.78 is 38.8. The Hall–Kier alpha value is -2.30. The molecule has 0 unspecified atom stereocenters. The molecule has 1 amide bonds. The molecule has 2 heterocycles. The summed E-state index contributed by atoms with van der Waals surface area (Å²) in [6, 6.07) is 4.87. The standard InChI is InChI=1S/C17H17Cl2F3N6O/c18-12-2-1-10(7-11(12)17(20,21)22)24-15(29)9-27-3-5-28(6-4-27)14-8-13(19)25-16(23)26-14/h1-2,7-8H,3-6,9H2,(H,24,29)(H2,23,25,26). The smallest absolute Gasteiger partial charge is 0.368 e. The lowest BCUT2D eigenvalue weighted by atomic mass is 10.2. The first-order valence-electron chi connectivity index (χ1n) is 8.56. The Morgan fingerprint density at radius 3 is 2.45 bits per heavy atom. The third-order valence-electron chi connectivity index (χ3n) is 4.32. The Bertz CT molecular complexity index is 883. The number of nitrogens with one attached hydrogen (secondary N) is 1. The van der Waals surface area contributed by atoms with E-state index in [9.17, 15) is 18.0 Å². The van der Waals surface area contributed by atoms with E-state index >= 15 is 0 Å². The minimum absolute atomic E-state index is 0.0384. The number of carbonyl (C=O) groups excluding carboxylic acids is 1. The summed E-state index contributed by atoms with van der Waals surface area (Å²) in [6.45, 7) is 2.33. The van der Waals surface area contributed by atoms with Gasteiger partial charge in [-0.25, -0.2) is 4.98 Å². The van der Waals surface area contributed by atoms with Crippen molar-refractivity contribution in [2.24, 2.45) is 0 Å². The minimum atomic E-state index is -4.60. The number of carbonyl (C=O) groups is 1. The summed E-state index contributed by atoms with van der Waals surface area (Å²) in [6.07, 6.45) is -4.60. The Morgan fingerprint density at radius 1 is 1.14 bits per heavy atom. The van der Waals surface area contributed by atoms with Crippen LogP contribution in [0.15, 0.2) is 24.3 Å². The molecule has 0 saturated carbocycles. The second kappa shape index (κ2) is 8.60. The number of amides is 1. The Balaban J connectivity index is 1.55. The minimum Gasteiger partial charge on any atom is -0.368 e. The van der Waals surface area contributed by atoms with Gasteiger partial charge in [-0.15, -0.1) is 0 Å². The summed E-state index contributed by atoms with van der Waals surface area (Å²) in [4.78, 5) is 24.0. The highest BCUT2D eigenvalue weighted by atomic mass is 35.5. The van der Waals surface area contributed by atoms with E-state index in [-0.39, 0.29) is 23.3 Å². The lowest BCUT2D eigenvalue weighted by Gasteiger charge is -2.35. The SMILES string of the molecule is Nc1nc(Cl)cc(N2CCN(CC(=O)Nc3ccc(Cl)c(C(F)(F)F)c3)CC2)n1. The van der Waals surface area contributed by atoms with Crippen LogP contribution in [0.3, 0.4) is 0 Å². The summed E-state index contributed by atoms with van der Waals surface area (Å²) in [5.41, 5.74) is 4.65. The van der Waals surface area contributed by atoms with Gasteiger partial charge in [-0.05, 0) is 18.2 Å². The fraction of sp³-hybridized carbons (Fsp3) is 0.353. The van der Waals surface area contributed by atoms with Crippen LogP contribution < -0.4 is 16.0 Å². The maximum absolute atomic E-state index is 12.9. The molecule has 0 aliphatic carbocycles. The van der Waals surface area contributed by atoms with Crippen LogP contribution in [0, 0.1) is 0 Å². The Morgan fingerprint density at radius 2 is 1.83 bits per heavy atom. The quantitative estimate of drug-likeness (QED) is 0.698. The van der Waals surface area contributed by atoms with E-state index in [4.69, 9.17) is 28.9 Å². The van der Waals surface area contributed by atoms with Crippen molar-refractivity contribution >= 4 is 46.6 Å². The Labute approximate surface area is 174 Å². The number of piperazine rings is 1. The number of rotatable bonds is 4. The predicted molar refractivity (Wildman–Crippen MR) is 105 cm³/mol. The summed E-state index contributed by atoms with van der Waals surface area (Å²) in [7, 11) is 0. The number of hydrogen-bond acceptors (Lipinski definition) is 6. The first-order chi connectivity index (χ1) is 13.6. The molecule has 0 atom stereocenters. The van der Waals surface area contributed by atoms with Crippen LogP contribution in [0.4, 0.5) is 30.6 Å². The van der Waals surface area contributed by atoms with Gasteiger partial charge >= 0.3 is 6.18 Å². The van der Waals surface area contributed by atoms with Crippen molar-refractivity contribution in [2.75, 3.05) is 48.7 Å². The molecular formula is C17H17Cl2F3N6O. The molecule has 7 nitrogen and oxygen atoms in total. The molecule has 0 radical (unpaired) electrons. The average Bonchev–Trinajstić information content (AvgIpc) is 2.62. The van der Waals surface area contributed by atoms with E-state index in [0.717, 1.165) is 12.1 Å². The van der Waals surface area contributed by atoms with Gasteiger partial charge in [0.15, 0.2) is 0 Å². The average molecular weight is 449 g/mol. The third-order valence-corrected chi connectivity index (χ3v) is 4.84. The molecule has 1 aromatic carbocycles. The maximum atomic E-state index is 12.9. The number of anilines is 3. The van der Waals surface area contributed by atoms with Gasteiger partial charge in [0.2, 0.25) is 11.9 Å². The third kappa shape index (κ3) is 5.62. The molecule has 0 spiro atoms. The van der Waals surface area contributed by atoms with E-state index in [1.165, 1.54) is 6.07 Å². The molecule has 1 fully saturated rings. The van der Waals surface area contributed by atoms with Gasteiger partial charge in [0, 0.05) is 37.9 Å². The van der Waals surface area contributed by atoms with Gasteiger partial charge in [-0.1, -0.05) is 23.2 Å². The molecule has 1 aliphatic rings. The van der Waals surface area contributed by atoms with Gasteiger partial charge in [0.1, 0.15) is 11.0 Å². The van der Waals surface area contributed by atoms with Crippen LogP contribution in [0.1, 0.15) is 5.56 Å². The van der Waals surface area contributed by atoms with E-state index in [1.807, 2.05) is 9.80 Å². The van der Waals surface area contributed by atoms with Crippen LogP contribution in [-0.4, -0.2) is 53.5 Å². The number of halogens is 5. The van der Waals surface area contributed by atoms with Crippen LogP contribution in [0.2, 0.25) is 10.2 Å². The predicted octanol–water partition coefficient (Wildman–Crippen LogP) is 3.15. The topological polar surface area (TPSA) is 87.4 Å². The molecule has 3 rings (SSSR count). The molecule has 0 bridgehead atoms. The van der Waals surface area contributed by atoms with Crippen LogP contribution in [-0.2, 0) is 11.0 Å². The first-order valence-corrected chi connectivity index (χ1v) is 9.31. The molecule has 2 aromatic rings. The maximum Gasteiger partial charge on any atom is 0.417 e. The number of nitrogen functional groups attached to an aromatic ring is 1. The molecule has 1 saturated heterocycles. The number of nitrogens with zero attached hydrogens (tertiary/aromatic N) is 4. The van der Waals surface area contributed by atoms with Crippen molar-refractivity contribution in [1.29, 1.82) is 0 Å². The van der Waals surface area contributed by atoms with E-state index in [1.54, 1.807) is 6.07 Å². The first kappa shape index (κ1) is 21.4. The highest BCUT2D eigenvalue weighted by Gasteiger charge is 2.33. The molecule has 1 aromatic heterocycles. The van der Waals surface area contributed by atoms with Gasteiger partial charge in [0.25, 0.3) is 0 Å². The van der Waals surface area contributed by atoms with Crippen molar-refractivity contribution in [1.82, 2.24) is 14.9 Å². The largest absolute Gasteiger partial charge is 0.417 e. The summed E-state index contributed by atoms with van der Waals surface area (Å²) in [5.74, 6) is 0.270. The molecule has 1 aliphatic heterocycles. The van der Waals surface area contributed by atoms with E-state index in [2.05, 4.69) is 15.3 Å². The van der Waals surface area contributed by atoms with Gasteiger partial charge in [0.05, 0.1) is 17.1 Å². The molecule has 3 N–H and O–H groups in total. The van der Waals surface area contributed by atoms with Crippen LogP contribution >= 0.6 is 23.2 Å². The lowest BCUT2D eigenvalue weighted by molar-refractivity contribution is -0.137. The zero-order chi connectivity index (χ0) is 21.2. The fourth-order valence-electron chi connectivity index (χ4n) is 2.94. The van der Waals surface area contributed by atoms with Crippen LogP contribution in [0.25, 0.3) is 0 Å². The van der Waals surface area contributed by atoms with E-state index in [0.29, 0.717) is 32.0 Å². The van der Waals surface area contributed by atoms with Crippen molar-refractivity contribution in [3.8, 4) is 0 Å². The second-order valence-corrected chi connectivity index (χ2v) is 7.21. The zero-order valence-electron chi connectivity index (χ0n) is 15.0. The zero-order valence-corrected chi connectivity index (χ0v) is 16.5. The summed E-state index contributed by atoms with van der Waals surface area (Å²) in [5, 5.41) is 2.31. The normalized spacial score (nSPS) is 15.4. The number of alkyl halides is 3. The number of nitrogens with two attached hydrogens (primary N) is 1. The van der Waals surface area contributed by atoms with E-state index < -0.39 is 22.7 Å². The van der Waals surface area contributed by atoms with Gasteiger partial charge < -0.3 is 16.0 Å². The number of hydrogen-bond donors (Lipinski definition) is 2. The highest BCUT2D eigenvalue weighted by molar-refractivity contribution is 6.31. The van der Waals surface area contributed by atoms with Gasteiger partial charge in [-0.3, -0.25) is 9.69 Å². The number of aromatic nitrogens is 2. The number of benzene rings is 1. The molecule has 12 heteroatoms. The fourth-order valence-corrected chi connectivity index (χ4v) is 3.35. The molecule has 29 heavy (non-hydrogen) atoms. The highest BCUT2D eigenvalue weighted by Crippen LogP contribution is 2.36. The van der Waals surface area contributed by atoms with Crippen molar-refractivity contribution in [2.45, 2.75) is 6.18 Å². The van der Waals surface area contributed by atoms with Gasteiger partial charge in [-0.2, -0.15) is 18.2 Å². The monoisotopic (exact) mass is 448 g/mol. The molecular weight excluding hydrogens is 432 g/mol. The van der Waals surface area contributed by atoms with Crippen molar-refractivity contribution < 1.29 is 18.0 Å². The van der Waals surface area contributed by atoms with Crippen molar-refractivity contribution in [3.63, 3.8) is 0 Å². The molecule has 156 valence electrons. The second-order valence-electron chi connectivity index (χ2n) is 6.41. The summed E-state index contributed by atoms with van der Waals surface area (Å²) >= 11 is 11.5. The Kier molecular flexibility index (Phi) is 6.35.